The fourth-order valence-electron chi connectivity index (χ4n) is 10.4. The maximum atomic E-state index is 14.5. The van der Waals surface area contributed by atoms with Crippen LogP contribution < -0.4 is 5.73 Å². The zero-order valence-corrected chi connectivity index (χ0v) is 39.8. The van der Waals surface area contributed by atoms with Crippen molar-refractivity contribution in [3.63, 3.8) is 0 Å². The molecule has 3 fully saturated rings. The van der Waals surface area contributed by atoms with Crippen molar-refractivity contribution >= 4 is 23.4 Å². The first kappa shape index (κ1) is 51.7. The minimum atomic E-state index is -2.47. The normalized spacial score (nSPS) is 35.8. The van der Waals surface area contributed by atoms with E-state index in [0.717, 1.165) is 29.6 Å². The number of benzene rings is 1. The Hall–Kier alpha value is -3.30. The highest BCUT2D eigenvalue weighted by Gasteiger charge is 2.56. The van der Waals surface area contributed by atoms with Gasteiger partial charge in [0.15, 0.2) is 0 Å². The molecule has 13 nitrogen and oxygen atoms in total. The van der Waals surface area contributed by atoms with Gasteiger partial charge in [0.05, 0.1) is 38.1 Å². The molecule has 358 valence electrons. The van der Waals surface area contributed by atoms with Crippen LogP contribution in [-0.2, 0) is 54.2 Å². The van der Waals surface area contributed by atoms with E-state index in [-0.39, 0.29) is 54.6 Å². The molecule has 3 heterocycles. The molecule has 2 saturated heterocycles. The van der Waals surface area contributed by atoms with Crippen molar-refractivity contribution in [1.29, 1.82) is 0 Å². The molecule has 2 bridgehead atoms. The van der Waals surface area contributed by atoms with Gasteiger partial charge in [-0.2, -0.15) is 0 Å². The molecule has 1 amide bonds. The lowest BCUT2D eigenvalue weighted by molar-refractivity contribution is -0.302. The predicted molar refractivity (Wildman–Crippen MR) is 244 cm³/mol. The lowest BCUT2D eigenvalue weighted by Crippen LogP contribution is -2.64. The topological polar surface area (TPSA) is 173 Å². The number of nitrogens with zero attached hydrogens (tertiary/aromatic N) is 1. The summed E-state index contributed by atoms with van der Waals surface area (Å²) in [4.78, 5) is 58.3. The van der Waals surface area contributed by atoms with Crippen molar-refractivity contribution in [2.45, 2.75) is 174 Å². The quantitative estimate of drug-likeness (QED) is 0.100. The van der Waals surface area contributed by atoms with E-state index in [4.69, 9.17) is 34.2 Å². The number of esters is 1. The van der Waals surface area contributed by atoms with E-state index in [1.165, 1.54) is 4.90 Å². The summed E-state index contributed by atoms with van der Waals surface area (Å²) in [6.07, 6.45) is 8.14. The minimum absolute atomic E-state index is 0.0855. The molecular weight excluding hydrogens is 817 g/mol. The van der Waals surface area contributed by atoms with E-state index in [1.54, 1.807) is 21.1 Å². The number of amides is 1. The van der Waals surface area contributed by atoms with Gasteiger partial charge in [0, 0.05) is 45.1 Å². The SMILES string of the molecule is CCC1C=C(C)CC(C)CC(OC)C2OC(O)(C(=O)C(=O)N3CCCCC3C(=O)OC(C(C)=CC3CCC(N)C(OCCOCc4ccccc4)C3)C(C)CCC1=O)C(C)CC2OC. The molecule has 5 rings (SSSR count). The molecule has 1 saturated carbocycles. The number of aliphatic hydroxyl groups is 1. The van der Waals surface area contributed by atoms with Gasteiger partial charge >= 0.3 is 5.97 Å². The molecule has 0 spiro atoms. The van der Waals surface area contributed by atoms with Crippen LogP contribution in [0.15, 0.2) is 53.6 Å². The van der Waals surface area contributed by atoms with Crippen molar-refractivity contribution in [1.82, 2.24) is 4.90 Å². The smallest absolute Gasteiger partial charge is 0.329 e. The summed E-state index contributed by atoms with van der Waals surface area (Å²) in [6, 6.07) is 8.84. The van der Waals surface area contributed by atoms with Gasteiger partial charge in [-0.15, -0.1) is 0 Å². The second kappa shape index (κ2) is 24.5. The van der Waals surface area contributed by atoms with Gasteiger partial charge in [0.2, 0.25) is 5.79 Å². The zero-order chi connectivity index (χ0) is 46.6. The number of carbonyl (C=O) groups excluding carboxylic acids is 4. The van der Waals surface area contributed by atoms with Crippen LogP contribution >= 0.6 is 0 Å². The van der Waals surface area contributed by atoms with Gasteiger partial charge in [0.25, 0.3) is 11.7 Å². The van der Waals surface area contributed by atoms with Gasteiger partial charge in [-0.1, -0.05) is 75.8 Å². The second-order valence-electron chi connectivity index (χ2n) is 19.3. The summed E-state index contributed by atoms with van der Waals surface area (Å²) in [6.45, 7) is 13.3. The third-order valence-electron chi connectivity index (χ3n) is 14.2. The second-order valence-corrected chi connectivity index (χ2v) is 19.3. The lowest BCUT2D eigenvalue weighted by atomic mass is 9.81. The Kier molecular flexibility index (Phi) is 19.8. The maximum Gasteiger partial charge on any atom is 0.329 e. The lowest BCUT2D eigenvalue weighted by Gasteiger charge is -2.47. The molecule has 1 aromatic carbocycles. The molecule has 1 aliphatic carbocycles. The number of rotatable bonds is 11. The van der Waals surface area contributed by atoms with E-state index >= 15 is 0 Å². The van der Waals surface area contributed by atoms with Crippen molar-refractivity contribution < 1.29 is 52.7 Å². The Morgan fingerprint density at radius 3 is 2.36 bits per heavy atom. The van der Waals surface area contributed by atoms with Crippen LogP contribution in [0.2, 0.25) is 0 Å². The Morgan fingerprint density at radius 1 is 0.938 bits per heavy atom. The number of cyclic esters (lactones) is 1. The molecule has 1 aromatic rings. The number of piperidine rings is 1. The van der Waals surface area contributed by atoms with Crippen molar-refractivity contribution in [3.8, 4) is 0 Å². The van der Waals surface area contributed by atoms with E-state index in [0.29, 0.717) is 77.6 Å². The van der Waals surface area contributed by atoms with Gasteiger partial charge in [-0.3, -0.25) is 14.4 Å². The monoisotopic (exact) mass is 895 g/mol. The minimum Gasteiger partial charge on any atom is -0.456 e. The highest BCUT2D eigenvalue weighted by Crippen LogP contribution is 2.39. The van der Waals surface area contributed by atoms with Crippen molar-refractivity contribution in [2.24, 2.45) is 35.3 Å². The first-order chi connectivity index (χ1) is 30.6. The highest BCUT2D eigenvalue weighted by molar-refractivity contribution is 6.39. The van der Waals surface area contributed by atoms with Crippen LogP contribution in [0.4, 0.5) is 0 Å². The summed E-state index contributed by atoms with van der Waals surface area (Å²) in [7, 11) is 3.11. The number of ketones is 2. The number of Topliss-reactive ketones (excluding diaryl/α,β-unsaturated/α-hetero) is 2. The molecule has 0 aromatic heterocycles. The summed E-state index contributed by atoms with van der Waals surface area (Å²) >= 11 is 0. The van der Waals surface area contributed by atoms with E-state index in [1.807, 2.05) is 58.0 Å². The number of ether oxygens (including phenoxy) is 6. The maximum absolute atomic E-state index is 14.5. The van der Waals surface area contributed by atoms with Gasteiger partial charge < -0.3 is 44.2 Å². The van der Waals surface area contributed by atoms with Gasteiger partial charge in [-0.05, 0) is 113 Å². The Morgan fingerprint density at radius 2 is 1.66 bits per heavy atom. The van der Waals surface area contributed by atoms with E-state index in [9.17, 15) is 24.3 Å². The fourth-order valence-corrected chi connectivity index (χ4v) is 10.4. The van der Waals surface area contributed by atoms with Crippen LogP contribution in [0.3, 0.4) is 0 Å². The van der Waals surface area contributed by atoms with Crippen LogP contribution in [0.1, 0.15) is 124 Å². The third kappa shape index (κ3) is 13.4. The highest BCUT2D eigenvalue weighted by atomic mass is 16.7. The Labute approximate surface area is 382 Å². The van der Waals surface area contributed by atoms with Crippen LogP contribution in [-0.4, -0.2) is 116 Å². The van der Waals surface area contributed by atoms with Gasteiger partial charge in [-0.25, -0.2) is 4.79 Å². The van der Waals surface area contributed by atoms with Gasteiger partial charge in [0.1, 0.15) is 24.0 Å². The summed E-state index contributed by atoms with van der Waals surface area (Å²) < 4.78 is 36.7. The number of hydrogen-bond acceptors (Lipinski definition) is 12. The largest absolute Gasteiger partial charge is 0.456 e. The van der Waals surface area contributed by atoms with Crippen LogP contribution in [0.5, 0.6) is 0 Å². The average molecular weight is 895 g/mol. The van der Waals surface area contributed by atoms with E-state index in [2.05, 4.69) is 19.1 Å². The van der Waals surface area contributed by atoms with Crippen molar-refractivity contribution in [3.05, 3.63) is 59.2 Å². The Balaban J connectivity index is 1.41. The van der Waals surface area contributed by atoms with E-state index < -0.39 is 59.8 Å². The zero-order valence-electron chi connectivity index (χ0n) is 39.8. The molecule has 4 aliphatic rings. The number of hydrogen-bond donors (Lipinski definition) is 2. The number of nitrogens with two attached hydrogens (primary N) is 1. The number of allylic oxidation sites excluding steroid dienone is 3. The van der Waals surface area contributed by atoms with Crippen LogP contribution in [0, 0.1) is 29.6 Å². The molecule has 3 N–H and O–H groups in total. The molecule has 64 heavy (non-hydrogen) atoms. The molecule has 3 aliphatic heterocycles. The summed E-state index contributed by atoms with van der Waals surface area (Å²) in [5.41, 5.74) is 9.60. The molecular formula is C51H78N2O11. The van der Waals surface area contributed by atoms with Crippen LogP contribution in [0.25, 0.3) is 0 Å². The number of fused-ring (bicyclic) bond motifs is 3. The summed E-state index contributed by atoms with van der Waals surface area (Å²) in [5, 5.41) is 12.1. The average Bonchev–Trinajstić information content (AvgIpc) is 3.29. The predicted octanol–water partition coefficient (Wildman–Crippen LogP) is 7.06. The number of methoxy groups -OCH3 is 2. The third-order valence-corrected chi connectivity index (χ3v) is 14.2. The molecule has 13 unspecified atom stereocenters. The summed E-state index contributed by atoms with van der Waals surface area (Å²) in [5.74, 6) is -6.17. The Bertz CT molecular complexity index is 1750. The molecule has 13 heteroatoms. The van der Waals surface area contributed by atoms with Crippen molar-refractivity contribution in [2.75, 3.05) is 34.0 Å². The fraction of sp³-hybridized carbons (Fsp3) is 0.725. The first-order valence-electron chi connectivity index (χ1n) is 24.0. The molecule has 0 radical (unpaired) electrons. The molecule has 13 atom stereocenters. The first-order valence-corrected chi connectivity index (χ1v) is 24.0. The standard InChI is InChI=1S/C51H78N2O11/c1-9-39-26-32(2)25-33(3)27-44(59-7)47-45(60-8)29-36(6)51(58,64-47)48(55)49(56)53-22-14-13-17-41(53)50(57)63-46(34(4)18-21-42(39)54)35(5)28-38-19-20-40(52)43(30-38)62-24-23-61-31-37-15-11-10-12-16-37/h10-12,15-16,26,28,33-34,36,38-41,43-47,58H,9,13-14,17-25,27,29-31,52H2,1-8H3. The number of carbonyl (C=O) groups is 4.